The van der Waals surface area contributed by atoms with Gasteiger partial charge in [-0.1, -0.05) is 0 Å². The van der Waals surface area contributed by atoms with Crippen LogP contribution in [-0.2, 0) is 38.0 Å². The lowest BCUT2D eigenvalue weighted by atomic mass is 10.4. The number of carbonyl (C=O) groups excluding carboxylic acids is 4. The summed E-state index contributed by atoms with van der Waals surface area (Å²) in [5.74, 6) is -1.66. The summed E-state index contributed by atoms with van der Waals surface area (Å²) in [6, 6.07) is 0. The topological polar surface area (TPSA) is 124 Å². The maximum absolute atomic E-state index is 11.3. The van der Waals surface area contributed by atoms with Crippen LogP contribution in [0.2, 0.25) is 0 Å². The molecule has 0 radical (unpaired) electrons. The second kappa shape index (κ2) is 6.77. The van der Waals surface area contributed by atoms with Gasteiger partial charge >= 0.3 is 24.2 Å². The van der Waals surface area contributed by atoms with Gasteiger partial charge in [0.15, 0.2) is 12.2 Å². The molecule has 0 amide bonds. The molecule has 0 N–H and O–H groups in total. The van der Waals surface area contributed by atoms with E-state index in [4.69, 9.17) is 9.47 Å². The van der Waals surface area contributed by atoms with Gasteiger partial charge in [-0.05, 0) is 0 Å². The van der Waals surface area contributed by atoms with Crippen molar-refractivity contribution in [3.63, 3.8) is 0 Å². The molecule has 2 heterocycles. The van der Waals surface area contributed by atoms with Crippen LogP contribution < -0.4 is 0 Å². The van der Waals surface area contributed by atoms with E-state index in [1.54, 1.807) is 0 Å². The van der Waals surface area contributed by atoms with Crippen LogP contribution in [0.15, 0.2) is 0 Å². The summed E-state index contributed by atoms with van der Waals surface area (Å²) >= 11 is 0. The highest BCUT2D eigenvalue weighted by atomic mass is 16.8. The molecule has 0 aromatic carbocycles. The Bertz CT molecular complexity index is 404. The molecule has 0 aromatic heterocycles. The van der Waals surface area contributed by atoms with E-state index < -0.39 is 42.9 Å². The molecule has 0 spiro atoms. The third kappa shape index (κ3) is 4.82. The summed E-state index contributed by atoms with van der Waals surface area (Å²) in [5.41, 5.74) is 0. The normalized spacial score (nSPS) is 23.6. The molecule has 2 fully saturated rings. The first-order valence-electron chi connectivity index (χ1n) is 6.01. The van der Waals surface area contributed by atoms with Crippen molar-refractivity contribution >= 4 is 24.2 Å². The zero-order chi connectivity index (χ0) is 15.2. The number of esters is 2. The summed E-state index contributed by atoms with van der Waals surface area (Å²) in [6.07, 6.45) is -3.61. The van der Waals surface area contributed by atoms with Gasteiger partial charge in [0.05, 0.1) is 0 Å². The first-order chi connectivity index (χ1) is 10.0. The monoisotopic (exact) mass is 304 g/mol. The quantitative estimate of drug-likeness (QED) is 0.361. The van der Waals surface area contributed by atoms with E-state index in [0.29, 0.717) is 0 Å². The van der Waals surface area contributed by atoms with Crippen molar-refractivity contribution in [2.45, 2.75) is 18.6 Å². The Kier molecular flexibility index (Phi) is 4.80. The van der Waals surface area contributed by atoms with E-state index in [0.717, 1.165) is 0 Å². The molecule has 2 saturated heterocycles. The van der Waals surface area contributed by atoms with Gasteiger partial charge in [-0.2, -0.15) is 0 Å². The Balaban J connectivity index is 1.57. The zero-order valence-corrected chi connectivity index (χ0v) is 10.8. The maximum Gasteiger partial charge on any atom is 0.508 e. The summed E-state index contributed by atoms with van der Waals surface area (Å²) in [7, 11) is 0. The number of hydrogen-bond donors (Lipinski definition) is 0. The average Bonchev–Trinajstić information content (AvgIpc) is 3.03. The molecular formula is C11H12O10. The van der Waals surface area contributed by atoms with Crippen LogP contribution in [-0.4, -0.2) is 62.9 Å². The molecule has 2 rings (SSSR count). The number of carbonyl (C=O) groups is 4. The molecule has 0 saturated carbocycles. The van der Waals surface area contributed by atoms with E-state index >= 15 is 0 Å². The molecule has 10 heteroatoms. The minimum Gasteiger partial charge on any atom is -0.461 e. The predicted molar refractivity (Wildman–Crippen MR) is 59.0 cm³/mol. The van der Waals surface area contributed by atoms with Gasteiger partial charge in [0, 0.05) is 0 Å². The third-order valence-electron chi connectivity index (χ3n) is 2.45. The molecule has 0 bridgehead atoms. The van der Waals surface area contributed by atoms with Gasteiger partial charge in [-0.15, -0.1) is 0 Å². The SMILES string of the molecule is O=C(CC(=O)OCC1COC(=O)O1)OCC1COC(=O)O1. The van der Waals surface area contributed by atoms with Crippen LogP contribution in [0.1, 0.15) is 6.42 Å². The Morgan fingerprint density at radius 1 is 0.905 bits per heavy atom. The Labute approximate surface area is 118 Å². The van der Waals surface area contributed by atoms with Gasteiger partial charge in [0.2, 0.25) is 0 Å². The van der Waals surface area contributed by atoms with Crippen molar-refractivity contribution in [1.29, 1.82) is 0 Å². The van der Waals surface area contributed by atoms with E-state index in [2.05, 4.69) is 18.9 Å². The minimum absolute atomic E-state index is 0.0103. The van der Waals surface area contributed by atoms with Gasteiger partial charge in [-0.25, -0.2) is 9.59 Å². The summed E-state index contributed by atoms with van der Waals surface area (Å²) in [4.78, 5) is 43.9. The van der Waals surface area contributed by atoms with Gasteiger partial charge in [-0.3, -0.25) is 9.59 Å². The molecule has 2 aliphatic heterocycles. The van der Waals surface area contributed by atoms with E-state index in [1.807, 2.05) is 0 Å². The Morgan fingerprint density at radius 3 is 1.67 bits per heavy atom. The number of rotatable bonds is 6. The number of ether oxygens (including phenoxy) is 6. The third-order valence-corrected chi connectivity index (χ3v) is 2.45. The van der Waals surface area contributed by atoms with Crippen LogP contribution >= 0.6 is 0 Å². The van der Waals surface area contributed by atoms with Crippen LogP contribution in [0.25, 0.3) is 0 Å². The van der Waals surface area contributed by atoms with E-state index in [9.17, 15) is 19.2 Å². The molecule has 2 atom stereocenters. The fraction of sp³-hybridized carbons (Fsp3) is 0.636. The fourth-order valence-electron chi connectivity index (χ4n) is 1.49. The summed E-state index contributed by atoms with van der Waals surface area (Å²) in [6.45, 7) is -0.426. The highest BCUT2D eigenvalue weighted by Crippen LogP contribution is 2.08. The smallest absolute Gasteiger partial charge is 0.461 e. The Hall–Kier alpha value is -2.52. The molecule has 10 nitrogen and oxygen atoms in total. The van der Waals surface area contributed by atoms with Crippen LogP contribution in [0.5, 0.6) is 0 Å². The van der Waals surface area contributed by atoms with Gasteiger partial charge < -0.3 is 28.4 Å². The lowest BCUT2D eigenvalue weighted by molar-refractivity contribution is -0.157. The predicted octanol–water partition coefficient (Wildman–Crippen LogP) is -0.466. The fourth-order valence-corrected chi connectivity index (χ4v) is 1.49. The van der Waals surface area contributed by atoms with Crippen molar-refractivity contribution in [3.8, 4) is 0 Å². The van der Waals surface area contributed by atoms with Crippen molar-refractivity contribution in [2.75, 3.05) is 26.4 Å². The van der Waals surface area contributed by atoms with Crippen molar-refractivity contribution in [2.24, 2.45) is 0 Å². The van der Waals surface area contributed by atoms with Crippen LogP contribution in [0.3, 0.4) is 0 Å². The van der Waals surface area contributed by atoms with Gasteiger partial charge in [0.25, 0.3) is 0 Å². The average molecular weight is 304 g/mol. The number of cyclic esters (lactones) is 4. The molecule has 2 aliphatic rings. The molecule has 116 valence electrons. The maximum atomic E-state index is 11.3. The first-order valence-corrected chi connectivity index (χ1v) is 6.01. The van der Waals surface area contributed by atoms with Crippen molar-refractivity contribution in [3.05, 3.63) is 0 Å². The first kappa shape index (κ1) is 14.9. The van der Waals surface area contributed by atoms with E-state index in [-0.39, 0.29) is 26.4 Å². The molecule has 2 unspecified atom stereocenters. The molecular weight excluding hydrogens is 292 g/mol. The molecule has 21 heavy (non-hydrogen) atoms. The van der Waals surface area contributed by atoms with Crippen LogP contribution in [0, 0.1) is 0 Å². The van der Waals surface area contributed by atoms with Gasteiger partial charge in [0.1, 0.15) is 32.8 Å². The highest BCUT2D eigenvalue weighted by molar-refractivity contribution is 5.91. The second-order valence-corrected chi connectivity index (χ2v) is 4.14. The highest BCUT2D eigenvalue weighted by Gasteiger charge is 2.28. The second-order valence-electron chi connectivity index (χ2n) is 4.14. The molecule has 0 aliphatic carbocycles. The largest absolute Gasteiger partial charge is 0.508 e. The minimum atomic E-state index is -0.831. The van der Waals surface area contributed by atoms with Crippen LogP contribution in [0.4, 0.5) is 9.59 Å². The summed E-state index contributed by atoms with van der Waals surface area (Å²) < 4.78 is 27.7. The van der Waals surface area contributed by atoms with E-state index in [1.165, 1.54) is 0 Å². The standard InChI is InChI=1S/C11H12O10/c12-8(16-2-6-4-18-10(14)20-6)1-9(13)17-3-7-5-19-11(15)21-7/h6-7H,1-5H2. The molecule has 0 aromatic rings. The lowest BCUT2D eigenvalue weighted by Gasteiger charge is -2.09. The zero-order valence-electron chi connectivity index (χ0n) is 10.8. The van der Waals surface area contributed by atoms with Crippen molar-refractivity contribution in [1.82, 2.24) is 0 Å². The van der Waals surface area contributed by atoms with Crippen molar-refractivity contribution < 1.29 is 47.6 Å². The lowest BCUT2D eigenvalue weighted by Crippen LogP contribution is -2.25. The number of hydrogen-bond acceptors (Lipinski definition) is 10. The Morgan fingerprint density at radius 2 is 1.33 bits per heavy atom. The summed E-state index contributed by atoms with van der Waals surface area (Å²) in [5, 5.41) is 0.